The summed E-state index contributed by atoms with van der Waals surface area (Å²) in [5.41, 5.74) is 4.49. The van der Waals surface area contributed by atoms with E-state index in [1.165, 1.54) is 11.6 Å². The highest BCUT2D eigenvalue weighted by Gasteiger charge is 2.32. The number of halogens is 2. The number of fused-ring (bicyclic) bond motifs is 2. The number of ether oxygens (including phenoxy) is 1. The van der Waals surface area contributed by atoms with Gasteiger partial charge in [-0.3, -0.25) is 0 Å². The maximum absolute atomic E-state index is 13.5. The molecule has 0 aliphatic carbocycles. The van der Waals surface area contributed by atoms with Crippen LogP contribution in [0.1, 0.15) is 46.5 Å². The van der Waals surface area contributed by atoms with Gasteiger partial charge in [-0.1, -0.05) is 13.0 Å². The van der Waals surface area contributed by atoms with Crippen LogP contribution in [0.15, 0.2) is 30.3 Å². The zero-order chi connectivity index (χ0) is 16.8. The minimum absolute atomic E-state index is 0.151. The zero-order valence-corrected chi connectivity index (χ0v) is 13.3. The highest BCUT2D eigenvalue weighted by Crippen LogP contribution is 2.36. The fourth-order valence-corrected chi connectivity index (χ4v) is 3.53. The Balaban J connectivity index is 1.67. The van der Waals surface area contributed by atoms with E-state index in [2.05, 4.69) is 6.07 Å². The third-order valence-electron chi connectivity index (χ3n) is 4.84. The molecule has 0 saturated heterocycles. The van der Waals surface area contributed by atoms with Gasteiger partial charge in [-0.15, -0.1) is 0 Å². The van der Waals surface area contributed by atoms with Crippen LogP contribution in [0.25, 0.3) is 0 Å². The average Bonchev–Trinajstić information content (AvgIpc) is 2.90. The number of nitrogens with zero attached hydrogens (tertiary/aromatic N) is 1. The van der Waals surface area contributed by atoms with E-state index in [-0.39, 0.29) is 12.1 Å². The van der Waals surface area contributed by atoms with Crippen LogP contribution in [0.3, 0.4) is 0 Å². The Hall–Kier alpha value is -2.43. The van der Waals surface area contributed by atoms with Crippen molar-refractivity contribution in [3.05, 3.63) is 64.2 Å². The molecule has 0 amide bonds. The number of anilines is 1. The molecular weight excluding hydrogens is 312 g/mol. The normalized spacial score (nSPS) is 19.0. The van der Waals surface area contributed by atoms with Crippen LogP contribution in [0, 0.1) is 11.6 Å². The third kappa shape index (κ3) is 2.35. The van der Waals surface area contributed by atoms with Crippen LogP contribution in [0.5, 0.6) is 0 Å². The average molecular weight is 329 g/mol. The molecular formula is C19H17F2NO2. The van der Waals surface area contributed by atoms with Gasteiger partial charge in [0.1, 0.15) is 6.10 Å². The van der Waals surface area contributed by atoms with Crippen LogP contribution < -0.4 is 4.90 Å². The highest BCUT2D eigenvalue weighted by molar-refractivity contribution is 5.94. The first-order chi connectivity index (χ1) is 11.6. The van der Waals surface area contributed by atoms with Crippen molar-refractivity contribution in [2.24, 2.45) is 0 Å². The summed E-state index contributed by atoms with van der Waals surface area (Å²) < 4.78 is 32.0. The molecule has 0 radical (unpaired) electrons. The minimum Gasteiger partial charge on any atom is -0.454 e. The molecule has 0 N–H and O–H groups in total. The van der Waals surface area contributed by atoms with Crippen molar-refractivity contribution in [1.82, 2.24) is 0 Å². The van der Waals surface area contributed by atoms with Crippen molar-refractivity contribution in [3.8, 4) is 0 Å². The molecule has 0 bridgehead atoms. The lowest BCUT2D eigenvalue weighted by Crippen LogP contribution is -2.30. The summed E-state index contributed by atoms with van der Waals surface area (Å²) in [5.74, 6) is -1.96. The van der Waals surface area contributed by atoms with Crippen molar-refractivity contribution in [2.45, 2.75) is 32.4 Å². The fourth-order valence-electron chi connectivity index (χ4n) is 3.53. The molecule has 2 aliphatic rings. The van der Waals surface area contributed by atoms with E-state index in [1.807, 2.05) is 17.9 Å². The van der Waals surface area contributed by atoms with Crippen molar-refractivity contribution in [3.63, 3.8) is 0 Å². The SMILES string of the molecule is CCC1OC(=O)c2cc3c(cc21)CCN(c1ccc(F)c(F)c1)C3. The Labute approximate surface area is 138 Å². The van der Waals surface area contributed by atoms with E-state index in [0.717, 1.165) is 36.6 Å². The molecule has 1 unspecified atom stereocenters. The van der Waals surface area contributed by atoms with Gasteiger partial charge in [-0.25, -0.2) is 13.6 Å². The summed E-state index contributed by atoms with van der Waals surface area (Å²) in [7, 11) is 0. The number of benzene rings is 2. The first-order valence-corrected chi connectivity index (χ1v) is 8.13. The summed E-state index contributed by atoms with van der Waals surface area (Å²) >= 11 is 0. The molecule has 2 aliphatic heterocycles. The Bertz CT molecular complexity index is 834. The molecule has 4 rings (SSSR count). The quantitative estimate of drug-likeness (QED) is 0.775. The van der Waals surface area contributed by atoms with Gasteiger partial charge >= 0.3 is 5.97 Å². The maximum Gasteiger partial charge on any atom is 0.339 e. The number of rotatable bonds is 2. The second kappa shape index (κ2) is 5.58. The number of carbonyl (C=O) groups excluding carboxylic acids is 1. The molecule has 2 aromatic rings. The first kappa shape index (κ1) is 15.1. The second-order valence-electron chi connectivity index (χ2n) is 6.28. The number of hydrogen-bond donors (Lipinski definition) is 0. The minimum atomic E-state index is -0.846. The second-order valence-corrected chi connectivity index (χ2v) is 6.28. The van der Waals surface area contributed by atoms with Gasteiger partial charge in [0, 0.05) is 30.4 Å². The van der Waals surface area contributed by atoms with Gasteiger partial charge in [-0.05, 0) is 42.2 Å². The lowest BCUT2D eigenvalue weighted by atomic mass is 9.92. The van der Waals surface area contributed by atoms with Gasteiger partial charge in [0.05, 0.1) is 5.56 Å². The van der Waals surface area contributed by atoms with Crippen LogP contribution in [0.2, 0.25) is 0 Å². The summed E-state index contributed by atoms with van der Waals surface area (Å²) in [4.78, 5) is 14.0. The van der Waals surface area contributed by atoms with E-state index in [4.69, 9.17) is 4.74 Å². The monoisotopic (exact) mass is 329 g/mol. The van der Waals surface area contributed by atoms with Crippen LogP contribution in [-0.2, 0) is 17.7 Å². The van der Waals surface area contributed by atoms with E-state index >= 15 is 0 Å². The summed E-state index contributed by atoms with van der Waals surface area (Å²) in [5, 5.41) is 0. The molecule has 124 valence electrons. The van der Waals surface area contributed by atoms with Crippen LogP contribution in [0.4, 0.5) is 14.5 Å². The maximum atomic E-state index is 13.5. The molecule has 3 nitrogen and oxygen atoms in total. The van der Waals surface area contributed by atoms with Crippen molar-refractivity contribution >= 4 is 11.7 Å². The summed E-state index contributed by atoms with van der Waals surface area (Å²) in [6, 6.07) is 7.92. The first-order valence-electron chi connectivity index (χ1n) is 8.13. The standard InChI is InChI=1S/C19H17F2NO2/c1-2-18-14-7-11-5-6-22(13-3-4-16(20)17(21)9-13)10-12(11)8-15(14)19(23)24-18/h3-4,7-9,18H,2,5-6,10H2,1H3. The van der Waals surface area contributed by atoms with Gasteiger partial charge in [-0.2, -0.15) is 0 Å². The zero-order valence-electron chi connectivity index (χ0n) is 13.3. The van der Waals surface area contributed by atoms with E-state index in [9.17, 15) is 13.6 Å². The van der Waals surface area contributed by atoms with Gasteiger partial charge in [0.2, 0.25) is 0 Å². The fraction of sp³-hybridized carbons (Fsp3) is 0.316. The number of cyclic esters (lactones) is 1. The Morgan fingerprint density at radius 2 is 2.00 bits per heavy atom. The van der Waals surface area contributed by atoms with E-state index in [0.29, 0.717) is 17.8 Å². The predicted octanol–water partition coefficient (Wildman–Crippen LogP) is 4.15. The lowest BCUT2D eigenvalue weighted by Gasteiger charge is -2.31. The molecule has 0 aromatic heterocycles. The molecule has 0 fully saturated rings. The molecule has 0 saturated carbocycles. The molecule has 1 atom stereocenters. The Morgan fingerprint density at radius 3 is 2.75 bits per heavy atom. The molecule has 2 heterocycles. The van der Waals surface area contributed by atoms with Crippen molar-refractivity contribution < 1.29 is 18.3 Å². The number of hydrogen-bond acceptors (Lipinski definition) is 3. The Kier molecular flexibility index (Phi) is 3.52. The van der Waals surface area contributed by atoms with Crippen LogP contribution in [-0.4, -0.2) is 12.5 Å². The van der Waals surface area contributed by atoms with Crippen molar-refractivity contribution in [2.75, 3.05) is 11.4 Å². The molecule has 5 heteroatoms. The van der Waals surface area contributed by atoms with Crippen LogP contribution >= 0.6 is 0 Å². The van der Waals surface area contributed by atoms with Gasteiger partial charge < -0.3 is 9.64 Å². The highest BCUT2D eigenvalue weighted by atomic mass is 19.2. The smallest absolute Gasteiger partial charge is 0.339 e. The van der Waals surface area contributed by atoms with Gasteiger partial charge in [0.15, 0.2) is 11.6 Å². The number of carbonyl (C=O) groups is 1. The molecule has 0 spiro atoms. The molecule has 24 heavy (non-hydrogen) atoms. The topological polar surface area (TPSA) is 29.5 Å². The predicted molar refractivity (Wildman–Crippen MR) is 86.0 cm³/mol. The molecule has 2 aromatic carbocycles. The van der Waals surface area contributed by atoms with E-state index < -0.39 is 11.6 Å². The number of esters is 1. The Morgan fingerprint density at radius 1 is 1.17 bits per heavy atom. The summed E-state index contributed by atoms with van der Waals surface area (Å²) in [6.45, 7) is 3.29. The third-order valence-corrected chi connectivity index (χ3v) is 4.84. The largest absolute Gasteiger partial charge is 0.454 e. The summed E-state index contributed by atoms with van der Waals surface area (Å²) in [6.07, 6.45) is 1.41. The van der Waals surface area contributed by atoms with E-state index in [1.54, 1.807) is 6.07 Å². The lowest BCUT2D eigenvalue weighted by molar-refractivity contribution is 0.0378. The van der Waals surface area contributed by atoms with Crippen molar-refractivity contribution in [1.29, 1.82) is 0 Å². The van der Waals surface area contributed by atoms with Gasteiger partial charge in [0.25, 0.3) is 0 Å².